The lowest BCUT2D eigenvalue weighted by atomic mass is 9.89. The van der Waals surface area contributed by atoms with Gasteiger partial charge in [0.1, 0.15) is 0 Å². The fraction of sp³-hybridized carbons (Fsp3) is 0.939. The van der Waals surface area contributed by atoms with E-state index in [1.54, 1.807) is 6.92 Å². The molecule has 1 heterocycles. The molecule has 2 N–H and O–H groups in total. The van der Waals surface area contributed by atoms with Gasteiger partial charge in [-0.2, -0.15) is 0 Å². The Labute approximate surface area is 244 Å². The second-order valence-electron chi connectivity index (χ2n) is 16.5. The van der Waals surface area contributed by atoms with Crippen LogP contribution in [-0.4, -0.2) is 71.7 Å². The van der Waals surface area contributed by atoms with Gasteiger partial charge in [-0.1, -0.05) is 110 Å². The van der Waals surface area contributed by atoms with Gasteiger partial charge in [-0.3, -0.25) is 14.5 Å². The van der Waals surface area contributed by atoms with Crippen molar-refractivity contribution in [2.75, 3.05) is 39.8 Å². The lowest BCUT2D eigenvalue weighted by Gasteiger charge is -2.33. The van der Waals surface area contributed by atoms with Gasteiger partial charge in [-0.05, 0) is 54.4 Å². The van der Waals surface area contributed by atoms with Crippen molar-refractivity contribution in [1.82, 2.24) is 9.80 Å². The first kappa shape index (κ1) is 42.3. The fourth-order valence-electron chi connectivity index (χ4n) is 3.10. The monoisotopic (exact) mass is 559 g/mol. The number of carbonyl (C=O) groups excluding carboxylic acids is 1. The number of nitrogens with zero attached hydrogens (tertiary/aromatic N) is 2. The first-order chi connectivity index (χ1) is 17.3. The van der Waals surface area contributed by atoms with Crippen LogP contribution < -0.4 is 0 Å². The van der Waals surface area contributed by atoms with Crippen molar-refractivity contribution in [1.29, 1.82) is 0 Å². The van der Waals surface area contributed by atoms with Crippen LogP contribution in [0.25, 0.3) is 0 Å². The van der Waals surface area contributed by atoms with Crippen LogP contribution in [0, 0.1) is 27.6 Å². The van der Waals surface area contributed by atoms with Crippen LogP contribution in [0.5, 0.6) is 0 Å². The molecule has 1 aliphatic rings. The molecule has 0 radical (unpaired) electrons. The molecular formula is C33H70N2O4. The largest absolute Gasteiger partial charge is 0.481 e. The molecule has 1 atom stereocenters. The van der Waals surface area contributed by atoms with E-state index in [9.17, 15) is 9.59 Å². The molecule has 236 valence electrons. The van der Waals surface area contributed by atoms with E-state index in [1.807, 2.05) is 11.9 Å². The Morgan fingerprint density at radius 2 is 1.23 bits per heavy atom. The highest BCUT2D eigenvalue weighted by Crippen LogP contribution is 2.23. The molecule has 1 rings (SSSR count). The van der Waals surface area contributed by atoms with Crippen LogP contribution in [0.4, 0.5) is 0 Å². The number of piperazine rings is 1. The molecule has 0 aromatic rings. The van der Waals surface area contributed by atoms with E-state index in [0.717, 1.165) is 51.7 Å². The summed E-state index contributed by atoms with van der Waals surface area (Å²) in [5, 5.41) is 17.0. The summed E-state index contributed by atoms with van der Waals surface area (Å²) >= 11 is 0. The maximum absolute atomic E-state index is 11.6. The zero-order valence-corrected chi connectivity index (χ0v) is 29.0. The van der Waals surface area contributed by atoms with Gasteiger partial charge < -0.3 is 15.1 Å². The van der Waals surface area contributed by atoms with Gasteiger partial charge in [0.15, 0.2) is 0 Å². The van der Waals surface area contributed by atoms with Gasteiger partial charge in [-0.25, -0.2) is 0 Å². The van der Waals surface area contributed by atoms with Gasteiger partial charge in [0, 0.05) is 26.2 Å². The number of aliphatic hydroxyl groups excluding tert-OH is 1. The maximum Gasteiger partial charge on any atom is 0.306 e. The summed E-state index contributed by atoms with van der Waals surface area (Å²) in [6.45, 7) is 33.9. The van der Waals surface area contributed by atoms with E-state index in [-0.39, 0.29) is 11.8 Å². The van der Waals surface area contributed by atoms with Crippen molar-refractivity contribution in [2.45, 2.75) is 135 Å². The number of unbranched alkanes of at least 4 members (excludes halogenated alkanes) is 1. The number of carboxylic acid groups (broad SMARTS) is 1. The highest BCUT2D eigenvalue weighted by Gasteiger charge is 2.22. The summed E-state index contributed by atoms with van der Waals surface area (Å²) in [5.74, 6) is -0.571. The summed E-state index contributed by atoms with van der Waals surface area (Å²) in [6.07, 6.45) is 6.14. The smallest absolute Gasteiger partial charge is 0.306 e. The number of amides is 1. The molecule has 1 saturated heterocycles. The Balaban J connectivity index is -0.000000478. The molecule has 0 unspecified atom stereocenters. The highest BCUT2D eigenvalue weighted by atomic mass is 16.4. The van der Waals surface area contributed by atoms with Crippen LogP contribution in [-0.2, 0) is 9.59 Å². The number of rotatable bonds is 8. The minimum absolute atomic E-state index is 0.181. The molecule has 0 aromatic heterocycles. The third kappa shape index (κ3) is 39.1. The van der Waals surface area contributed by atoms with E-state index in [0.29, 0.717) is 34.8 Å². The molecule has 1 amide bonds. The average molecular weight is 559 g/mol. The molecule has 0 bridgehead atoms. The minimum Gasteiger partial charge on any atom is -0.481 e. The number of aliphatic hydroxyl groups is 1. The molecule has 1 fully saturated rings. The van der Waals surface area contributed by atoms with E-state index >= 15 is 0 Å². The van der Waals surface area contributed by atoms with E-state index in [1.165, 1.54) is 6.42 Å². The average Bonchev–Trinajstić information content (AvgIpc) is 2.67. The topological polar surface area (TPSA) is 81.1 Å². The normalized spacial score (nSPS) is 15.7. The lowest BCUT2D eigenvalue weighted by molar-refractivity contribution is -0.141. The second kappa shape index (κ2) is 19.9. The number of carboxylic acids is 1. The predicted octanol–water partition coefficient (Wildman–Crippen LogP) is 7.98. The lowest BCUT2D eigenvalue weighted by Crippen LogP contribution is -2.49. The minimum atomic E-state index is -0.671. The van der Waals surface area contributed by atoms with Gasteiger partial charge in [-0.15, -0.1) is 0 Å². The van der Waals surface area contributed by atoms with Gasteiger partial charge in [0.25, 0.3) is 0 Å². The van der Waals surface area contributed by atoms with Gasteiger partial charge in [0.05, 0.1) is 12.5 Å². The van der Waals surface area contributed by atoms with Crippen LogP contribution >= 0.6 is 0 Å². The van der Waals surface area contributed by atoms with E-state index in [4.69, 9.17) is 10.2 Å². The number of likely N-dealkylation sites (N-methyl/N-ethyl adjacent to an activating group) is 1. The highest BCUT2D eigenvalue weighted by molar-refractivity contribution is 5.78. The summed E-state index contributed by atoms with van der Waals surface area (Å²) in [7, 11) is 2.00. The van der Waals surface area contributed by atoms with Crippen molar-refractivity contribution in [3.05, 3.63) is 0 Å². The van der Waals surface area contributed by atoms with Crippen molar-refractivity contribution in [3.8, 4) is 0 Å². The number of hydrogen-bond donors (Lipinski definition) is 2. The summed E-state index contributed by atoms with van der Waals surface area (Å²) in [6, 6.07) is 0. The summed E-state index contributed by atoms with van der Waals surface area (Å²) in [5.41, 5.74) is 1.50. The predicted molar refractivity (Wildman–Crippen MR) is 169 cm³/mol. The third-order valence-corrected chi connectivity index (χ3v) is 5.74. The number of hydrogen-bond acceptors (Lipinski definition) is 4. The van der Waals surface area contributed by atoms with Crippen LogP contribution in [0.1, 0.15) is 135 Å². The Hall–Kier alpha value is -1.14. The molecule has 6 nitrogen and oxygen atoms in total. The maximum atomic E-state index is 11.6. The van der Waals surface area contributed by atoms with Crippen LogP contribution in [0.15, 0.2) is 0 Å². The quantitative estimate of drug-likeness (QED) is 0.295. The Morgan fingerprint density at radius 3 is 1.54 bits per heavy atom. The van der Waals surface area contributed by atoms with Gasteiger partial charge >= 0.3 is 5.97 Å². The molecule has 39 heavy (non-hydrogen) atoms. The first-order valence-electron chi connectivity index (χ1n) is 15.1. The molecule has 0 saturated carbocycles. The number of carbonyl (C=O) groups is 2. The fourth-order valence-corrected chi connectivity index (χ4v) is 3.10. The molecular weight excluding hydrogens is 488 g/mol. The van der Waals surface area contributed by atoms with Crippen molar-refractivity contribution in [2.24, 2.45) is 27.6 Å². The summed E-state index contributed by atoms with van der Waals surface area (Å²) in [4.78, 5) is 26.2. The number of aliphatic carboxylic acids is 1. The summed E-state index contributed by atoms with van der Waals surface area (Å²) < 4.78 is 0. The molecule has 1 aliphatic heterocycles. The molecule has 0 aromatic carbocycles. The van der Waals surface area contributed by atoms with E-state index in [2.05, 4.69) is 94.9 Å². The standard InChI is InChI=1S/C11H22N2O.C11H22O2.C6H14O.C5H12/c1-11(2,3)5-6-13-8-7-12(4)9-10(13)14;1-9(10(12)13)7-5-6-8-11(2,3)4;1-6(2,3)4-5-7;1-5(2,3)4/h5-9H2,1-4H3;9H,5-8H2,1-4H3,(H,12,13);7H,4-5H2,1-3H3;1-4H3/t;9-;;/m.0../s1. The van der Waals surface area contributed by atoms with E-state index < -0.39 is 5.97 Å². The SMILES string of the molecule is CC(C)(C)C.CC(C)(C)CCO.CN1CCN(CCC(C)(C)C)C(=O)C1.C[C@@H](CCCCC(C)(C)C)C(=O)O. The van der Waals surface area contributed by atoms with Crippen molar-refractivity contribution < 1.29 is 19.8 Å². The first-order valence-corrected chi connectivity index (χ1v) is 15.1. The molecule has 6 heteroatoms. The zero-order chi connectivity index (χ0) is 31.7. The second-order valence-corrected chi connectivity index (χ2v) is 16.5. The van der Waals surface area contributed by atoms with Crippen molar-refractivity contribution >= 4 is 11.9 Å². The van der Waals surface area contributed by atoms with Crippen LogP contribution in [0.3, 0.4) is 0 Å². The van der Waals surface area contributed by atoms with Crippen LogP contribution in [0.2, 0.25) is 0 Å². The van der Waals surface area contributed by atoms with Crippen molar-refractivity contribution in [3.63, 3.8) is 0 Å². The Morgan fingerprint density at radius 1 is 0.795 bits per heavy atom. The Kier molecular flexibility index (Phi) is 21.5. The zero-order valence-electron chi connectivity index (χ0n) is 29.0. The third-order valence-electron chi connectivity index (χ3n) is 5.74. The van der Waals surface area contributed by atoms with Gasteiger partial charge in [0.2, 0.25) is 5.91 Å². The Bertz CT molecular complexity index is 628. The molecule has 0 aliphatic carbocycles. The molecule has 0 spiro atoms.